The molecule has 29 heavy (non-hydrogen) atoms. The summed E-state index contributed by atoms with van der Waals surface area (Å²) in [5, 5.41) is 2.91. The van der Waals surface area contributed by atoms with E-state index in [4.69, 9.17) is 9.47 Å². The lowest BCUT2D eigenvalue weighted by atomic mass is 10.1. The standard InChI is InChI=1S/C23H28N2O4/c1-3-14-29-20-12-11-17(15-21(20)28-4-2)23(27)24-18-8-7-9-19(16-18)25-13-6-5-10-22(25)26/h7-9,11-12,15-16H,3-6,10,13-14H2,1-2H3,(H,24,27). The molecule has 6 nitrogen and oxygen atoms in total. The van der Waals surface area contributed by atoms with E-state index in [9.17, 15) is 9.59 Å². The lowest BCUT2D eigenvalue weighted by Gasteiger charge is -2.27. The van der Waals surface area contributed by atoms with Crippen molar-refractivity contribution in [2.75, 3.05) is 30.0 Å². The van der Waals surface area contributed by atoms with Gasteiger partial charge in [0, 0.05) is 29.9 Å². The van der Waals surface area contributed by atoms with Crippen molar-refractivity contribution >= 4 is 23.2 Å². The number of piperidine rings is 1. The number of nitrogens with zero attached hydrogens (tertiary/aromatic N) is 1. The first-order valence-corrected chi connectivity index (χ1v) is 10.2. The maximum Gasteiger partial charge on any atom is 0.255 e. The van der Waals surface area contributed by atoms with Gasteiger partial charge in [0.1, 0.15) is 0 Å². The summed E-state index contributed by atoms with van der Waals surface area (Å²) in [6, 6.07) is 12.6. The highest BCUT2D eigenvalue weighted by atomic mass is 16.5. The summed E-state index contributed by atoms with van der Waals surface area (Å²) >= 11 is 0. The van der Waals surface area contributed by atoms with Crippen LogP contribution in [0.4, 0.5) is 11.4 Å². The highest BCUT2D eigenvalue weighted by Gasteiger charge is 2.20. The molecule has 0 unspecified atom stereocenters. The number of rotatable bonds is 8. The zero-order valence-corrected chi connectivity index (χ0v) is 17.1. The van der Waals surface area contributed by atoms with E-state index < -0.39 is 0 Å². The van der Waals surface area contributed by atoms with Crippen LogP contribution >= 0.6 is 0 Å². The lowest BCUT2D eigenvalue weighted by Crippen LogP contribution is -2.35. The van der Waals surface area contributed by atoms with Gasteiger partial charge < -0.3 is 19.7 Å². The molecule has 1 aliphatic heterocycles. The summed E-state index contributed by atoms with van der Waals surface area (Å²) in [6.45, 7) is 5.72. The Morgan fingerprint density at radius 3 is 2.69 bits per heavy atom. The number of anilines is 2. The Morgan fingerprint density at radius 1 is 1.07 bits per heavy atom. The zero-order valence-electron chi connectivity index (χ0n) is 17.1. The Labute approximate surface area is 171 Å². The van der Waals surface area contributed by atoms with E-state index in [2.05, 4.69) is 5.32 Å². The molecule has 0 bridgehead atoms. The molecule has 0 saturated carbocycles. The van der Waals surface area contributed by atoms with Crippen LogP contribution in [-0.4, -0.2) is 31.6 Å². The fraction of sp³-hybridized carbons (Fsp3) is 0.391. The number of ether oxygens (including phenoxy) is 2. The molecule has 1 aliphatic rings. The number of benzene rings is 2. The molecule has 1 fully saturated rings. The van der Waals surface area contributed by atoms with Crippen LogP contribution in [0.25, 0.3) is 0 Å². The van der Waals surface area contributed by atoms with Crippen LogP contribution in [0.2, 0.25) is 0 Å². The van der Waals surface area contributed by atoms with Gasteiger partial charge in [0.25, 0.3) is 5.91 Å². The number of carbonyl (C=O) groups is 2. The van der Waals surface area contributed by atoms with Gasteiger partial charge in [0.2, 0.25) is 5.91 Å². The maximum atomic E-state index is 12.8. The van der Waals surface area contributed by atoms with Gasteiger partial charge in [0.05, 0.1) is 13.2 Å². The molecule has 2 amide bonds. The van der Waals surface area contributed by atoms with Crippen LogP contribution in [0.15, 0.2) is 42.5 Å². The molecule has 0 atom stereocenters. The third kappa shape index (κ3) is 5.28. The minimum atomic E-state index is -0.241. The fourth-order valence-corrected chi connectivity index (χ4v) is 3.28. The topological polar surface area (TPSA) is 67.9 Å². The summed E-state index contributed by atoms with van der Waals surface area (Å²) < 4.78 is 11.3. The Hall–Kier alpha value is -3.02. The number of hydrogen-bond donors (Lipinski definition) is 1. The minimum Gasteiger partial charge on any atom is -0.490 e. The molecule has 1 heterocycles. The average molecular weight is 396 g/mol. The van der Waals surface area contributed by atoms with Gasteiger partial charge in [-0.05, 0) is 62.6 Å². The number of carbonyl (C=O) groups excluding carboxylic acids is 2. The molecule has 3 rings (SSSR count). The molecule has 2 aromatic rings. The molecule has 1 saturated heterocycles. The van der Waals surface area contributed by atoms with Crippen molar-refractivity contribution in [3.63, 3.8) is 0 Å². The molecule has 6 heteroatoms. The van der Waals surface area contributed by atoms with Gasteiger partial charge in [-0.3, -0.25) is 9.59 Å². The zero-order chi connectivity index (χ0) is 20.6. The first-order chi connectivity index (χ1) is 14.1. The molecule has 1 N–H and O–H groups in total. The van der Waals surface area contributed by atoms with E-state index in [-0.39, 0.29) is 11.8 Å². The first kappa shape index (κ1) is 20.7. The molecule has 0 radical (unpaired) electrons. The van der Waals surface area contributed by atoms with Crippen LogP contribution < -0.4 is 19.7 Å². The van der Waals surface area contributed by atoms with Crippen LogP contribution in [-0.2, 0) is 4.79 Å². The third-order valence-corrected chi connectivity index (χ3v) is 4.71. The van der Waals surface area contributed by atoms with Gasteiger partial charge in [-0.1, -0.05) is 13.0 Å². The van der Waals surface area contributed by atoms with Crippen molar-refractivity contribution in [3.05, 3.63) is 48.0 Å². The molecule has 2 aromatic carbocycles. The van der Waals surface area contributed by atoms with Crippen molar-refractivity contribution in [1.82, 2.24) is 0 Å². The predicted octanol–water partition coefficient (Wildman–Crippen LogP) is 4.64. The second kappa shape index (κ2) is 9.96. The Morgan fingerprint density at radius 2 is 1.93 bits per heavy atom. The number of hydrogen-bond acceptors (Lipinski definition) is 4. The van der Waals surface area contributed by atoms with E-state index in [1.54, 1.807) is 23.1 Å². The van der Waals surface area contributed by atoms with Crippen molar-refractivity contribution in [2.45, 2.75) is 39.5 Å². The van der Waals surface area contributed by atoms with Gasteiger partial charge in [-0.2, -0.15) is 0 Å². The van der Waals surface area contributed by atoms with E-state index in [1.807, 2.05) is 38.1 Å². The quantitative estimate of drug-likeness (QED) is 0.706. The molecule has 0 spiro atoms. The van der Waals surface area contributed by atoms with E-state index in [1.165, 1.54) is 0 Å². The van der Waals surface area contributed by atoms with E-state index in [0.29, 0.717) is 48.9 Å². The third-order valence-electron chi connectivity index (χ3n) is 4.71. The summed E-state index contributed by atoms with van der Waals surface area (Å²) in [5.74, 6) is 1.08. The molecular formula is C23H28N2O4. The van der Waals surface area contributed by atoms with E-state index >= 15 is 0 Å². The average Bonchev–Trinajstić information content (AvgIpc) is 2.73. The fourth-order valence-electron chi connectivity index (χ4n) is 3.28. The molecule has 154 valence electrons. The maximum absolute atomic E-state index is 12.8. The minimum absolute atomic E-state index is 0.128. The number of nitrogens with one attached hydrogen (secondary N) is 1. The Balaban J connectivity index is 1.75. The van der Waals surface area contributed by atoms with Gasteiger partial charge in [-0.15, -0.1) is 0 Å². The highest BCUT2D eigenvalue weighted by molar-refractivity contribution is 6.05. The number of amides is 2. The van der Waals surface area contributed by atoms with Crippen LogP contribution in [0.5, 0.6) is 11.5 Å². The monoisotopic (exact) mass is 396 g/mol. The molecular weight excluding hydrogens is 368 g/mol. The smallest absolute Gasteiger partial charge is 0.255 e. The summed E-state index contributed by atoms with van der Waals surface area (Å²) in [5.41, 5.74) is 1.94. The largest absolute Gasteiger partial charge is 0.490 e. The van der Waals surface area contributed by atoms with Crippen LogP contribution in [0.1, 0.15) is 49.9 Å². The Kier molecular flexibility index (Phi) is 7.11. The Bertz CT molecular complexity index is 866. The second-order valence-electron chi connectivity index (χ2n) is 6.95. The SMILES string of the molecule is CCCOc1ccc(C(=O)Nc2cccc(N3CCCCC3=O)c2)cc1OCC. The van der Waals surface area contributed by atoms with Crippen molar-refractivity contribution < 1.29 is 19.1 Å². The normalized spacial score (nSPS) is 13.9. The first-order valence-electron chi connectivity index (χ1n) is 10.2. The van der Waals surface area contributed by atoms with Gasteiger partial charge >= 0.3 is 0 Å². The van der Waals surface area contributed by atoms with Crippen molar-refractivity contribution in [3.8, 4) is 11.5 Å². The summed E-state index contributed by atoms with van der Waals surface area (Å²) in [4.78, 5) is 26.7. The second-order valence-corrected chi connectivity index (χ2v) is 6.95. The summed E-state index contributed by atoms with van der Waals surface area (Å²) in [6.07, 6.45) is 3.40. The predicted molar refractivity (Wildman–Crippen MR) is 114 cm³/mol. The summed E-state index contributed by atoms with van der Waals surface area (Å²) in [7, 11) is 0. The lowest BCUT2D eigenvalue weighted by molar-refractivity contribution is -0.119. The van der Waals surface area contributed by atoms with Crippen molar-refractivity contribution in [1.29, 1.82) is 0 Å². The van der Waals surface area contributed by atoms with Gasteiger partial charge in [0.15, 0.2) is 11.5 Å². The molecule has 0 aliphatic carbocycles. The van der Waals surface area contributed by atoms with Crippen LogP contribution in [0.3, 0.4) is 0 Å². The highest BCUT2D eigenvalue weighted by Crippen LogP contribution is 2.29. The van der Waals surface area contributed by atoms with Crippen LogP contribution in [0, 0.1) is 0 Å². The van der Waals surface area contributed by atoms with Crippen molar-refractivity contribution in [2.24, 2.45) is 0 Å². The van der Waals surface area contributed by atoms with E-state index in [0.717, 1.165) is 24.9 Å². The van der Waals surface area contributed by atoms with Gasteiger partial charge in [-0.25, -0.2) is 0 Å². The molecule has 0 aromatic heterocycles.